The number of aliphatic hydroxyl groups excluding tert-OH is 1. The molecule has 0 bridgehead atoms. The van der Waals surface area contributed by atoms with Gasteiger partial charge in [-0.15, -0.1) is 0 Å². The van der Waals surface area contributed by atoms with Crippen LogP contribution in [0.15, 0.2) is 28.7 Å². The molecule has 0 aliphatic carbocycles. The Morgan fingerprint density at radius 2 is 2.33 bits per heavy atom. The Morgan fingerprint density at radius 1 is 1.58 bits per heavy atom. The van der Waals surface area contributed by atoms with E-state index in [0.717, 1.165) is 10.2 Å². The number of hydrogen-bond acceptors (Lipinski definition) is 2. The van der Waals surface area contributed by atoms with Gasteiger partial charge in [0, 0.05) is 16.7 Å². The predicted octanol–water partition coefficient (Wildman–Crippen LogP) is 2.24. The Morgan fingerprint density at radius 3 is 2.92 bits per heavy atom. The molecule has 3 heteroatoms. The Kier molecular flexibility index (Phi) is 3.56. The van der Waals surface area contributed by atoms with Gasteiger partial charge in [-0.2, -0.15) is 0 Å². The summed E-state index contributed by atoms with van der Waals surface area (Å²) in [5.74, 6) is 0. The number of anilines is 1. The zero-order valence-electron chi connectivity index (χ0n) is 6.92. The van der Waals surface area contributed by atoms with Crippen LogP contribution in [0.5, 0.6) is 0 Å². The molecule has 2 N–H and O–H groups in total. The predicted molar refractivity (Wildman–Crippen MR) is 54.3 cm³/mol. The van der Waals surface area contributed by atoms with Crippen LogP contribution in [0.2, 0.25) is 0 Å². The summed E-state index contributed by atoms with van der Waals surface area (Å²) < 4.78 is 1.04. The van der Waals surface area contributed by atoms with Gasteiger partial charge in [0.05, 0.1) is 6.10 Å². The largest absolute Gasteiger partial charge is 0.392 e. The summed E-state index contributed by atoms with van der Waals surface area (Å²) in [5.41, 5.74) is 1.02. The van der Waals surface area contributed by atoms with Gasteiger partial charge >= 0.3 is 0 Å². The van der Waals surface area contributed by atoms with Gasteiger partial charge in [-0.1, -0.05) is 22.0 Å². The molecule has 0 saturated heterocycles. The fraction of sp³-hybridized carbons (Fsp3) is 0.333. The number of aliphatic hydroxyl groups is 1. The molecule has 0 unspecified atom stereocenters. The lowest BCUT2D eigenvalue weighted by Crippen LogP contribution is -2.15. The minimum Gasteiger partial charge on any atom is -0.392 e. The summed E-state index contributed by atoms with van der Waals surface area (Å²) in [4.78, 5) is 0. The second kappa shape index (κ2) is 4.48. The zero-order chi connectivity index (χ0) is 8.97. The molecule has 0 radical (unpaired) electrons. The molecule has 0 fully saturated rings. The fourth-order valence-corrected chi connectivity index (χ4v) is 1.26. The van der Waals surface area contributed by atoms with Gasteiger partial charge in [0.15, 0.2) is 0 Å². The van der Waals surface area contributed by atoms with E-state index < -0.39 is 0 Å². The number of nitrogens with one attached hydrogen (secondary N) is 1. The zero-order valence-corrected chi connectivity index (χ0v) is 8.51. The Hall–Kier alpha value is -0.540. The summed E-state index contributed by atoms with van der Waals surface area (Å²) in [6.07, 6.45) is -0.316. The van der Waals surface area contributed by atoms with Crippen molar-refractivity contribution in [1.29, 1.82) is 0 Å². The van der Waals surface area contributed by atoms with E-state index >= 15 is 0 Å². The maximum atomic E-state index is 9.01. The smallest absolute Gasteiger partial charge is 0.0684 e. The van der Waals surface area contributed by atoms with Gasteiger partial charge in [-0.3, -0.25) is 0 Å². The molecule has 0 spiro atoms. The molecule has 12 heavy (non-hydrogen) atoms. The topological polar surface area (TPSA) is 32.3 Å². The summed E-state index contributed by atoms with van der Waals surface area (Å²) in [6.45, 7) is 2.33. The number of benzene rings is 1. The van der Waals surface area contributed by atoms with Crippen LogP contribution >= 0.6 is 15.9 Å². The van der Waals surface area contributed by atoms with Gasteiger partial charge in [-0.25, -0.2) is 0 Å². The van der Waals surface area contributed by atoms with E-state index in [4.69, 9.17) is 5.11 Å². The van der Waals surface area contributed by atoms with Crippen LogP contribution in [0.4, 0.5) is 5.69 Å². The van der Waals surface area contributed by atoms with E-state index in [1.165, 1.54) is 0 Å². The number of halogens is 1. The first-order chi connectivity index (χ1) is 5.68. The van der Waals surface area contributed by atoms with Crippen molar-refractivity contribution in [2.75, 3.05) is 11.9 Å². The van der Waals surface area contributed by atoms with Crippen LogP contribution in [0.1, 0.15) is 6.92 Å². The van der Waals surface area contributed by atoms with Crippen LogP contribution < -0.4 is 5.32 Å². The monoisotopic (exact) mass is 229 g/mol. The standard InChI is InChI=1S/C9H12BrNO/c1-7(12)6-11-9-4-2-3-8(10)5-9/h2-5,7,11-12H,6H2,1H3/t7-/m1/s1. The van der Waals surface area contributed by atoms with Gasteiger partial charge in [0.25, 0.3) is 0 Å². The lowest BCUT2D eigenvalue weighted by atomic mass is 10.3. The van der Waals surface area contributed by atoms with E-state index in [0.29, 0.717) is 6.54 Å². The summed E-state index contributed by atoms with van der Waals surface area (Å²) >= 11 is 3.37. The van der Waals surface area contributed by atoms with E-state index in [2.05, 4.69) is 21.2 Å². The van der Waals surface area contributed by atoms with Gasteiger partial charge < -0.3 is 10.4 Å². The van der Waals surface area contributed by atoms with Crippen molar-refractivity contribution in [3.63, 3.8) is 0 Å². The Labute approximate surface area is 80.7 Å². The van der Waals surface area contributed by atoms with E-state index in [-0.39, 0.29) is 6.10 Å². The Balaban J connectivity index is 2.52. The summed E-state index contributed by atoms with van der Waals surface area (Å²) in [5, 5.41) is 12.1. The van der Waals surface area contributed by atoms with Gasteiger partial charge in [-0.05, 0) is 25.1 Å². The maximum absolute atomic E-state index is 9.01. The average molecular weight is 230 g/mol. The summed E-state index contributed by atoms with van der Waals surface area (Å²) in [6, 6.07) is 7.86. The molecule has 0 heterocycles. The fourth-order valence-electron chi connectivity index (χ4n) is 0.864. The van der Waals surface area contributed by atoms with Crippen molar-refractivity contribution < 1.29 is 5.11 Å². The van der Waals surface area contributed by atoms with Gasteiger partial charge in [0.1, 0.15) is 0 Å². The lowest BCUT2D eigenvalue weighted by Gasteiger charge is -2.07. The summed E-state index contributed by atoms with van der Waals surface area (Å²) in [7, 11) is 0. The quantitative estimate of drug-likeness (QED) is 0.834. The third-order valence-electron chi connectivity index (χ3n) is 1.43. The Bertz CT molecular complexity index is 250. The van der Waals surface area contributed by atoms with Gasteiger partial charge in [0.2, 0.25) is 0 Å². The third-order valence-corrected chi connectivity index (χ3v) is 1.92. The molecule has 2 nitrogen and oxygen atoms in total. The highest BCUT2D eigenvalue weighted by atomic mass is 79.9. The van der Waals surface area contributed by atoms with Crippen LogP contribution in [0, 0.1) is 0 Å². The second-order valence-electron chi connectivity index (χ2n) is 2.74. The molecule has 1 atom stereocenters. The minimum absolute atomic E-state index is 0.316. The van der Waals surface area contributed by atoms with Crippen molar-refractivity contribution in [2.24, 2.45) is 0 Å². The molecule has 0 aliphatic rings. The van der Waals surface area contributed by atoms with E-state index in [1.807, 2.05) is 24.3 Å². The molecule has 1 aromatic rings. The van der Waals surface area contributed by atoms with E-state index in [9.17, 15) is 0 Å². The van der Waals surface area contributed by atoms with Crippen molar-refractivity contribution in [3.05, 3.63) is 28.7 Å². The van der Waals surface area contributed by atoms with Crippen molar-refractivity contribution >= 4 is 21.6 Å². The lowest BCUT2D eigenvalue weighted by molar-refractivity contribution is 0.208. The van der Waals surface area contributed by atoms with Crippen molar-refractivity contribution in [3.8, 4) is 0 Å². The van der Waals surface area contributed by atoms with Crippen molar-refractivity contribution in [2.45, 2.75) is 13.0 Å². The van der Waals surface area contributed by atoms with Crippen LogP contribution in [0.3, 0.4) is 0 Å². The van der Waals surface area contributed by atoms with Crippen LogP contribution in [-0.2, 0) is 0 Å². The molecule has 1 rings (SSSR count). The first-order valence-electron chi connectivity index (χ1n) is 3.86. The highest BCUT2D eigenvalue weighted by Gasteiger charge is 1.95. The highest BCUT2D eigenvalue weighted by molar-refractivity contribution is 9.10. The molecule has 0 aliphatic heterocycles. The van der Waals surface area contributed by atoms with Crippen LogP contribution in [-0.4, -0.2) is 17.8 Å². The number of rotatable bonds is 3. The third kappa shape index (κ3) is 3.24. The van der Waals surface area contributed by atoms with Crippen LogP contribution in [0.25, 0.3) is 0 Å². The second-order valence-corrected chi connectivity index (χ2v) is 3.66. The molecule has 66 valence electrons. The molecule has 0 saturated carbocycles. The number of hydrogen-bond donors (Lipinski definition) is 2. The average Bonchev–Trinajstić information content (AvgIpc) is 2.01. The first kappa shape index (κ1) is 9.55. The minimum atomic E-state index is -0.316. The SMILES string of the molecule is C[C@@H](O)CNc1cccc(Br)c1. The van der Waals surface area contributed by atoms with E-state index in [1.54, 1.807) is 6.92 Å². The first-order valence-corrected chi connectivity index (χ1v) is 4.65. The molecular weight excluding hydrogens is 218 g/mol. The molecule has 0 aromatic heterocycles. The molecular formula is C9H12BrNO. The maximum Gasteiger partial charge on any atom is 0.0684 e. The molecule has 1 aromatic carbocycles. The normalized spacial score (nSPS) is 12.6. The van der Waals surface area contributed by atoms with Crippen molar-refractivity contribution in [1.82, 2.24) is 0 Å². The highest BCUT2D eigenvalue weighted by Crippen LogP contribution is 2.15. The molecule has 0 amide bonds.